The van der Waals surface area contributed by atoms with Gasteiger partial charge in [0.15, 0.2) is 0 Å². The maximum absolute atomic E-state index is 2.38. The van der Waals surface area contributed by atoms with Crippen LogP contribution in [-0.2, 0) is 34.1 Å². The fourth-order valence-corrected chi connectivity index (χ4v) is 4.85. The predicted octanol–water partition coefficient (Wildman–Crippen LogP) is 6.84. The van der Waals surface area contributed by atoms with Crippen molar-refractivity contribution in [3.63, 3.8) is 0 Å². The molecule has 0 aliphatic heterocycles. The number of rotatable bonds is 5. The van der Waals surface area contributed by atoms with Gasteiger partial charge in [0, 0.05) is 0 Å². The number of hydrogen-bond donors (Lipinski definition) is 0. The Kier molecular flexibility index (Phi) is 20.2. The molecule has 0 N–H and O–H groups in total. The summed E-state index contributed by atoms with van der Waals surface area (Å²) in [5.41, 5.74) is 1.36. The van der Waals surface area contributed by atoms with E-state index in [2.05, 4.69) is 79.0 Å². The average Bonchev–Trinajstić information content (AvgIpc) is 3.54. The fourth-order valence-electron chi connectivity index (χ4n) is 3.29. The molecule has 0 aromatic carbocycles. The van der Waals surface area contributed by atoms with Crippen molar-refractivity contribution < 1.29 is 34.1 Å². The molecule has 0 heterocycles. The van der Waals surface area contributed by atoms with Crippen LogP contribution < -0.4 is 0 Å². The molecule has 4 fully saturated rings. The first-order valence-corrected chi connectivity index (χ1v) is 15.2. The van der Waals surface area contributed by atoms with Gasteiger partial charge < -0.3 is 0 Å². The first kappa shape index (κ1) is 33.9. The zero-order valence-corrected chi connectivity index (χ0v) is 24.0. The fraction of sp³-hybridized carbons (Fsp3) is 0.286. The van der Waals surface area contributed by atoms with Crippen LogP contribution in [0.15, 0.2) is 0 Å². The molecule has 4 heteroatoms. The Morgan fingerprint density at radius 3 is 0.906 bits per heavy atom. The smallest absolute Gasteiger partial charge is 0.110 e. The normalized spacial score (nSPS) is 24.4. The van der Waals surface area contributed by atoms with Crippen molar-refractivity contribution in [3.8, 4) is 0 Å². The minimum Gasteiger partial charge on any atom is -0.110 e. The molecule has 0 unspecified atom stereocenters. The molecule has 4 rings (SSSR count). The van der Waals surface area contributed by atoms with Gasteiger partial charge in [0.2, 0.25) is 0 Å². The molecule has 0 bridgehead atoms. The van der Waals surface area contributed by atoms with E-state index < -0.39 is 0 Å². The summed E-state index contributed by atoms with van der Waals surface area (Å²) in [6, 6.07) is 0. The molecule has 0 saturated heterocycles. The second kappa shape index (κ2) is 19.1. The quantitative estimate of drug-likeness (QED) is 0.262. The van der Waals surface area contributed by atoms with E-state index in [1.54, 1.807) is 0 Å². The maximum Gasteiger partial charge on any atom is 2.00 e. The Morgan fingerprint density at radius 2 is 0.688 bits per heavy atom. The standard InChI is InChI=1S/C18H26P2.2C5H5.2Fe/c1-13(19(3)4)15-9-7-11-17(15)18-12-8-10-16(18)14(2)20(5)6;2*1-2-4-5-3-1;;/h7-14H,1-6H3;2*1-5H;;/q;;;2*+2/t13-,14-;;;;/m1..../s1. The van der Waals surface area contributed by atoms with Gasteiger partial charge in [-0.15, -0.1) is 15.8 Å². The van der Waals surface area contributed by atoms with E-state index in [4.69, 9.17) is 0 Å². The molecular formula is C28H36Fe2P2+4. The zero-order chi connectivity index (χ0) is 21.9. The molecule has 2 atom stereocenters. The van der Waals surface area contributed by atoms with Crippen molar-refractivity contribution in [1.82, 2.24) is 0 Å². The topological polar surface area (TPSA) is 0 Å². The SMILES string of the molecule is C[C@H]([C]1[CH][CH][CH][C]1[C]1[CH][CH][CH][C]1[C@@H](C)P(C)C)P(C)C.[CH]1[CH][CH][CH][CH]1.[CH]1[CH][CH][CH][CH]1.[Fe+2].[Fe+2]. The molecule has 0 aromatic heterocycles. The summed E-state index contributed by atoms with van der Waals surface area (Å²) in [5, 5.41) is 0. The Hall–Kier alpha value is 1.90. The second-order valence-electron chi connectivity index (χ2n) is 7.99. The van der Waals surface area contributed by atoms with Gasteiger partial charge in [-0.25, -0.2) is 0 Å². The van der Waals surface area contributed by atoms with Crippen LogP contribution in [0.25, 0.3) is 0 Å². The van der Waals surface area contributed by atoms with Crippen molar-refractivity contribution in [1.29, 1.82) is 0 Å². The van der Waals surface area contributed by atoms with Crippen LogP contribution in [0.5, 0.6) is 0 Å². The van der Waals surface area contributed by atoms with Crippen LogP contribution in [0.3, 0.4) is 0 Å². The summed E-state index contributed by atoms with van der Waals surface area (Å²) < 4.78 is 0. The van der Waals surface area contributed by atoms with Crippen LogP contribution in [0, 0.1) is 126 Å². The van der Waals surface area contributed by atoms with Crippen LogP contribution >= 0.6 is 15.8 Å². The van der Waals surface area contributed by atoms with Crippen LogP contribution in [0.1, 0.15) is 13.8 Å². The Morgan fingerprint density at radius 1 is 0.438 bits per heavy atom. The molecule has 32 heavy (non-hydrogen) atoms. The van der Waals surface area contributed by atoms with Gasteiger partial charge in [-0.05, 0) is 164 Å². The third-order valence-electron chi connectivity index (χ3n) is 5.55. The third-order valence-corrected chi connectivity index (χ3v) is 9.20. The van der Waals surface area contributed by atoms with Crippen LogP contribution in [-0.4, -0.2) is 38.0 Å². The molecule has 4 aliphatic rings. The summed E-state index contributed by atoms with van der Waals surface area (Å²) in [6.45, 7) is 14.3. The minimum absolute atomic E-state index is 0. The van der Waals surface area contributed by atoms with Gasteiger partial charge in [-0.1, -0.05) is 13.8 Å². The summed E-state index contributed by atoms with van der Waals surface area (Å²) in [4.78, 5) is 0. The van der Waals surface area contributed by atoms with E-state index in [1.807, 2.05) is 64.2 Å². The molecule has 4 saturated carbocycles. The summed E-state index contributed by atoms with van der Waals surface area (Å²) in [7, 11) is 0.125. The monoisotopic (exact) mass is 546 g/mol. The number of hydrogen-bond acceptors (Lipinski definition) is 0. The molecule has 20 radical (unpaired) electrons. The Bertz CT molecular complexity index is 380. The average molecular weight is 546 g/mol. The summed E-state index contributed by atoms with van der Waals surface area (Å²) in [6.07, 6.45) is 33.7. The summed E-state index contributed by atoms with van der Waals surface area (Å²) in [5.74, 6) is 6.02. The molecule has 0 aromatic rings. The van der Waals surface area contributed by atoms with Crippen molar-refractivity contribution in [2.45, 2.75) is 25.2 Å². The van der Waals surface area contributed by atoms with E-state index in [1.165, 1.54) is 23.7 Å². The van der Waals surface area contributed by atoms with Gasteiger partial charge in [0.05, 0.1) is 0 Å². The second-order valence-corrected chi connectivity index (χ2v) is 13.4. The van der Waals surface area contributed by atoms with Gasteiger partial charge in [-0.3, -0.25) is 0 Å². The van der Waals surface area contributed by atoms with Gasteiger partial charge >= 0.3 is 34.1 Å². The third kappa shape index (κ3) is 11.3. The first-order valence-electron chi connectivity index (χ1n) is 10.6. The van der Waals surface area contributed by atoms with E-state index in [0.717, 1.165) is 0 Å². The van der Waals surface area contributed by atoms with Gasteiger partial charge in [0.1, 0.15) is 0 Å². The van der Waals surface area contributed by atoms with Crippen molar-refractivity contribution in [3.05, 3.63) is 126 Å². The van der Waals surface area contributed by atoms with Crippen LogP contribution in [0.4, 0.5) is 0 Å². The molecule has 0 nitrogen and oxygen atoms in total. The maximum atomic E-state index is 2.38. The summed E-state index contributed by atoms with van der Waals surface area (Å²) >= 11 is 0. The van der Waals surface area contributed by atoms with E-state index in [0.29, 0.717) is 11.3 Å². The van der Waals surface area contributed by atoms with Crippen molar-refractivity contribution in [2.24, 2.45) is 0 Å². The molecular weight excluding hydrogens is 510 g/mol. The van der Waals surface area contributed by atoms with Crippen molar-refractivity contribution in [2.75, 3.05) is 26.7 Å². The van der Waals surface area contributed by atoms with E-state index in [9.17, 15) is 0 Å². The van der Waals surface area contributed by atoms with Gasteiger partial charge in [0.25, 0.3) is 0 Å². The predicted molar refractivity (Wildman–Crippen MR) is 138 cm³/mol. The molecule has 170 valence electrons. The first-order chi connectivity index (χ1) is 14.4. The minimum atomic E-state index is 0. The van der Waals surface area contributed by atoms with E-state index >= 15 is 0 Å². The largest absolute Gasteiger partial charge is 2.00 e. The Labute approximate surface area is 227 Å². The van der Waals surface area contributed by atoms with Gasteiger partial charge in [-0.2, -0.15) is 0 Å². The molecule has 0 spiro atoms. The molecule has 0 amide bonds. The van der Waals surface area contributed by atoms with Crippen LogP contribution in [0.2, 0.25) is 0 Å². The Balaban J connectivity index is 0.000000657. The zero-order valence-electron chi connectivity index (χ0n) is 20.0. The van der Waals surface area contributed by atoms with E-state index in [-0.39, 0.29) is 50.0 Å². The molecule has 4 aliphatic carbocycles. The van der Waals surface area contributed by atoms with Crippen molar-refractivity contribution >= 4 is 15.8 Å².